The summed E-state index contributed by atoms with van der Waals surface area (Å²) in [6, 6.07) is 17.8. The van der Waals surface area contributed by atoms with Crippen molar-refractivity contribution in [2.24, 2.45) is 5.10 Å². The molecule has 0 atom stereocenters. The summed E-state index contributed by atoms with van der Waals surface area (Å²) in [5, 5.41) is 3.99. The van der Waals surface area contributed by atoms with Gasteiger partial charge in [-0.3, -0.25) is 4.79 Å². The van der Waals surface area contributed by atoms with Gasteiger partial charge in [0.1, 0.15) is 0 Å². The van der Waals surface area contributed by atoms with E-state index in [1.807, 2.05) is 54.6 Å². The van der Waals surface area contributed by atoms with Crippen molar-refractivity contribution in [3.8, 4) is 0 Å². The van der Waals surface area contributed by atoms with Crippen LogP contribution in [0.4, 0.5) is 0 Å². The standard InChI is InChI=1S/C16H15IN2O/c17-15-9-5-4-8-14(15)12-18-19-16(20)11-10-13-6-2-1-3-7-13/h1-9,12H,10-11H2,(H,19,20). The number of halogens is 1. The van der Waals surface area contributed by atoms with Gasteiger partial charge >= 0.3 is 0 Å². The van der Waals surface area contributed by atoms with Crippen LogP contribution in [0.1, 0.15) is 17.5 Å². The van der Waals surface area contributed by atoms with Gasteiger partial charge in [-0.25, -0.2) is 5.43 Å². The van der Waals surface area contributed by atoms with Crippen LogP contribution in [0.5, 0.6) is 0 Å². The molecule has 0 radical (unpaired) electrons. The number of nitrogens with one attached hydrogen (secondary N) is 1. The van der Waals surface area contributed by atoms with E-state index in [1.165, 1.54) is 0 Å². The summed E-state index contributed by atoms with van der Waals surface area (Å²) in [7, 11) is 0. The third-order valence-corrected chi connectivity index (χ3v) is 3.76. The number of rotatable bonds is 5. The molecule has 0 spiro atoms. The Morgan fingerprint density at radius 2 is 1.80 bits per heavy atom. The lowest BCUT2D eigenvalue weighted by atomic mass is 10.1. The van der Waals surface area contributed by atoms with E-state index in [0.717, 1.165) is 21.1 Å². The number of hydrazone groups is 1. The second-order valence-electron chi connectivity index (χ2n) is 4.30. The van der Waals surface area contributed by atoms with Crippen molar-refractivity contribution in [2.75, 3.05) is 0 Å². The van der Waals surface area contributed by atoms with Gasteiger partial charge in [0.15, 0.2) is 0 Å². The Hall–Kier alpha value is -1.69. The van der Waals surface area contributed by atoms with E-state index in [4.69, 9.17) is 0 Å². The zero-order valence-electron chi connectivity index (χ0n) is 10.9. The third-order valence-electron chi connectivity index (χ3n) is 2.78. The molecule has 3 nitrogen and oxygen atoms in total. The molecule has 0 aliphatic heterocycles. The van der Waals surface area contributed by atoms with Gasteiger partial charge in [0.2, 0.25) is 5.91 Å². The zero-order chi connectivity index (χ0) is 14.2. The number of hydrogen-bond acceptors (Lipinski definition) is 2. The molecule has 1 N–H and O–H groups in total. The van der Waals surface area contributed by atoms with Crippen molar-refractivity contribution >= 4 is 34.7 Å². The summed E-state index contributed by atoms with van der Waals surface area (Å²) in [5.74, 6) is -0.0731. The molecule has 0 aliphatic carbocycles. The number of hydrogen-bond donors (Lipinski definition) is 1. The predicted molar refractivity (Wildman–Crippen MR) is 89.7 cm³/mol. The van der Waals surface area contributed by atoms with Crippen LogP contribution in [-0.4, -0.2) is 12.1 Å². The first-order valence-electron chi connectivity index (χ1n) is 6.36. The van der Waals surface area contributed by atoms with Crippen LogP contribution in [0, 0.1) is 3.57 Å². The molecule has 0 saturated heterocycles. The Morgan fingerprint density at radius 3 is 2.55 bits per heavy atom. The summed E-state index contributed by atoms with van der Waals surface area (Å²) in [6.07, 6.45) is 2.83. The highest BCUT2D eigenvalue weighted by Gasteiger charge is 2.00. The first kappa shape index (κ1) is 14.7. The Balaban J connectivity index is 1.79. The monoisotopic (exact) mass is 378 g/mol. The van der Waals surface area contributed by atoms with Crippen molar-refractivity contribution in [1.82, 2.24) is 5.43 Å². The van der Waals surface area contributed by atoms with Gasteiger partial charge in [-0.15, -0.1) is 0 Å². The van der Waals surface area contributed by atoms with E-state index in [-0.39, 0.29) is 5.91 Å². The van der Waals surface area contributed by atoms with Crippen LogP contribution in [-0.2, 0) is 11.2 Å². The molecule has 2 rings (SSSR count). The Bertz CT molecular complexity index is 596. The topological polar surface area (TPSA) is 41.5 Å². The summed E-state index contributed by atoms with van der Waals surface area (Å²) in [6.45, 7) is 0. The summed E-state index contributed by atoms with van der Waals surface area (Å²) in [5.41, 5.74) is 4.71. The SMILES string of the molecule is O=C(CCc1ccccc1)NN=Cc1ccccc1I. The lowest BCUT2D eigenvalue weighted by Crippen LogP contribution is -2.17. The fourth-order valence-electron chi connectivity index (χ4n) is 1.71. The Labute approximate surface area is 132 Å². The second kappa shape index (κ2) is 7.79. The second-order valence-corrected chi connectivity index (χ2v) is 5.46. The number of carbonyl (C=O) groups is 1. The maximum atomic E-state index is 11.7. The molecule has 0 aromatic heterocycles. The predicted octanol–water partition coefficient (Wildman–Crippen LogP) is 3.37. The number of amides is 1. The highest BCUT2D eigenvalue weighted by Crippen LogP contribution is 2.08. The molecular formula is C16H15IN2O. The van der Waals surface area contributed by atoms with E-state index in [0.29, 0.717) is 6.42 Å². The summed E-state index contributed by atoms with van der Waals surface area (Å²) < 4.78 is 1.10. The van der Waals surface area contributed by atoms with Crippen LogP contribution < -0.4 is 5.43 Å². The molecule has 0 fully saturated rings. The molecule has 0 aliphatic rings. The van der Waals surface area contributed by atoms with Gasteiger partial charge in [-0.1, -0.05) is 48.5 Å². The van der Waals surface area contributed by atoms with Crippen molar-refractivity contribution < 1.29 is 4.79 Å². The average molecular weight is 378 g/mol. The Morgan fingerprint density at radius 1 is 1.10 bits per heavy atom. The quantitative estimate of drug-likeness (QED) is 0.484. The maximum Gasteiger partial charge on any atom is 0.240 e. The zero-order valence-corrected chi connectivity index (χ0v) is 13.1. The Kier molecular flexibility index (Phi) is 5.73. The van der Waals surface area contributed by atoms with Crippen molar-refractivity contribution in [3.63, 3.8) is 0 Å². The van der Waals surface area contributed by atoms with E-state index in [9.17, 15) is 4.79 Å². The van der Waals surface area contributed by atoms with Crippen LogP contribution in [0.15, 0.2) is 59.7 Å². The van der Waals surface area contributed by atoms with Crippen LogP contribution >= 0.6 is 22.6 Å². The molecule has 1 amide bonds. The van der Waals surface area contributed by atoms with Gasteiger partial charge in [-0.2, -0.15) is 5.10 Å². The fourth-order valence-corrected chi connectivity index (χ4v) is 2.24. The molecular weight excluding hydrogens is 363 g/mol. The van der Waals surface area contributed by atoms with Crippen molar-refractivity contribution in [2.45, 2.75) is 12.8 Å². The first-order chi connectivity index (χ1) is 9.75. The number of nitrogens with zero attached hydrogens (tertiary/aromatic N) is 1. The number of aryl methyl sites for hydroxylation is 1. The molecule has 4 heteroatoms. The van der Waals surface area contributed by atoms with E-state index in [1.54, 1.807) is 6.21 Å². The molecule has 0 saturated carbocycles. The van der Waals surface area contributed by atoms with Crippen molar-refractivity contribution in [1.29, 1.82) is 0 Å². The fraction of sp³-hybridized carbons (Fsp3) is 0.125. The molecule has 0 heterocycles. The van der Waals surface area contributed by atoms with Crippen LogP contribution in [0.25, 0.3) is 0 Å². The molecule has 2 aromatic carbocycles. The van der Waals surface area contributed by atoms with Crippen LogP contribution in [0.2, 0.25) is 0 Å². The van der Waals surface area contributed by atoms with Gasteiger partial charge in [-0.05, 0) is 40.6 Å². The highest BCUT2D eigenvalue weighted by atomic mass is 127. The number of carbonyl (C=O) groups excluding carboxylic acids is 1. The first-order valence-corrected chi connectivity index (χ1v) is 7.44. The average Bonchev–Trinajstić information content (AvgIpc) is 2.48. The van der Waals surface area contributed by atoms with Gasteiger partial charge in [0.05, 0.1) is 6.21 Å². The molecule has 102 valence electrons. The van der Waals surface area contributed by atoms with E-state index < -0.39 is 0 Å². The molecule has 0 bridgehead atoms. The third kappa shape index (κ3) is 4.77. The van der Waals surface area contributed by atoms with Gasteiger partial charge < -0.3 is 0 Å². The minimum Gasteiger partial charge on any atom is -0.273 e. The molecule has 2 aromatic rings. The summed E-state index contributed by atoms with van der Waals surface area (Å²) in [4.78, 5) is 11.7. The number of benzene rings is 2. The summed E-state index contributed by atoms with van der Waals surface area (Å²) >= 11 is 2.24. The largest absolute Gasteiger partial charge is 0.273 e. The lowest BCUT2D eigenvalue weighted by molar-refractivity contribution is -0.121. The molecule has 0 unspecified atom stereocenters. The normalized spacial score (nSPS) is 10.7. The van der Waals surface area contributed by atoms with Gasteiger partial charge in [0, 0.05) is 15.6 Å². The maximum absolute atomic E-state index is 11.7. The molecule has 20 heavy (non-hydrogen) atoms. The van der Waals surface area contributed by atoms with Crippen LogP contribution in [0.3, 0.4) is 0 Å². The smallest absolute Gasteiger partial charge is 0.240 e. The van der Waals surface area contributed by atoms with Gasteiger partial charge in [0.25, 0.3) is 0 Å². The highest BCUT2D eigenvalue weighted by molar-refractivity contribution is 14.1. The van der Waals surface area contributed by atoms with Crippen molar-refractivity contribution in [3.05, 3.63) is 69.3 Å². The van der Waals surface area contributed by atoms with E-state index >= 15 is 0 Å². The van der Waals surface area contributed by atoms with E-state index in [2.05, 4.69) is 33.1 Å². The minimum atomic E-state index is -0.0731. The minimum absolute atomic E-state index is 0.0731. The lowest BCUT2D eigenvalue weighted by Gasteiger charge is -2.01.